The first-order valence-corrected chi connectivity index (χ1v) is 6.48. The van der Waals surface area contributed by atoms with E-state index in [-0.39, 0.29) is 12.4 Å². The Labute approximate surface area is 106 Å². The maximum atomic E-state index is 9.02. The van der Waals surface area contributed by atoms with Crippen molar-refractivity contribution in [1.29, 1.82) is 0 Å². The summed E-state index contributed by atoms with van der Waals surface area (Å²) in [5, 5.41) is 9.02. The Kier molecular flexibility index (Phi) is 9.16. The molecule has 2 rings (SSSR count). The molecule has 0 amide bonds. The fraction of sp³-hybridized carbons (Fsp3) is 0.857. The van der Waals surface area contributed by atoms with Crippen LogP contribution in [0.25, 0.3) is 0 Å². The van der Waals surface area contributed by atoms with Crippen molar-refractivity contribution < 1.29 is 14.6 Å². The summed E-state index contributed by atoms with van der Waals surface area (Å²) in [7, 11) is 0. The third-order valence-corrected chi connectivity index (χ3v) is 2.84. The third kappa shape index (κ3) is 5.54. The standard InChI is InChI=1S/C9H16O3.C3H8.C2H2/c10-7-8-2-1-3-9(6-8)11-4-5-12-9;1-3-2;1-2/h8,10H,1-7H2;3H2,1-2H3;1-2H/t8-;;/m0../s1. The van der Waals surface area contributed by atoms with Crippen molar-refractivity contribution in [2.45, 2.75) is 51.7 Å². The molecule has 1 heterocycles. The van der Waals surface area contributed by atoms with Crippen LogP contribution in [-0.4, -0.2) is 30.7 Å². The molecule has 1 spiro atoms. The number of hydrogen-bond acceptors (Lipinski definition) is 3. The highest BCUT2D eigenvalue weighted by molar-refractivity contribution is 4.82. The minimum Gasteiger partial charge on any atom is -0.396 e. The molecule has 1 aliphatic heterocycles. The molecule has 0 bridgehead atoms. The summed E-state index contributed by atoms with van der Waals surface area (Å²) in [6.45, 7) is 5.96. The van der Waals surface area contributed by atoms with Gasteiger partial charge in [0.05, 0.1) is 13.2 Å². The van der Waals surface area contributed by atoms with Crippen LogP contribution in [0.3, 0.4) is 0 Å². The van der Waals surface area contributed by atoms with Crippen LogP contribution in [0.1, 0.15) is 46.0 Å². The number of aliphatic hydroxyl groups excluding tert-OH is 1. The van der Waals surface area contributed by atoms with Gasteiger partial charge in [-0.3, -0.25) is 0 Å². The van der Waals surface area contributed by atoms with Crippen molar-refractivity contribution >= 4 is 0 Å². The van der Waals surface area contributed by atoms with Crippen LogP contribution in [0.5, 0.6) is 0 Å². The SMILES string of the molecule is C#C.CCC.OC[C@H]1CCCC2(C1)OCCO2. The molecule has 17 heavy (non-hydrogen) atoms. The summed E-state index contributed by atoms with van der Waals surface area (Å²) < 4.78 is 11.2. The van der Waals surface area contributed by atoms with Gasteiger partial charge in [-0.25, -0.2) is 0 Å². The average Bonchev–Trinajstić information content (AvgIpc) is 2.81. The maximum Gasteiger partial charge on any atom is 0.168 e. The molecule has 0 radical (unpaired) electrons. The minimum atomic E-state index is -0.314. The monoisotopic (exact) mass is 242 g/mol. The average molecular weight is 242 g/mol. The van der Waals surface area contributed by atoms with Crippen LogP contribution < -0.4 is 0 Å². The summed E-state index contributed by atoms with van der Waals surface area (Å²) in [4.78, 5) is 0. The van der Waals surface area contributed by atoms with Gasteiger partial charge in [-0.1, -0.05) is 20.3 Å². The van der Waals surface area contributed by atoms with Crippen molar-refractivity contribution in [2.24, 2.45) is 5.92 Å². The van der Waals surface area contributed by atoms with Gasteiger partial charge in [0.1, 0.15) is 0 Å². The molecule has 100 valence electrons. The number of terminal acetylenes is 1. The summed E-state index contributed by atoms with van der Waals surface area (Å²) in [5.74, 6) is 0.0721. The van der Waals surface area contributed by atoms with Gasteiger partial charge in [0.25, 0.3) is 0 Å². The molecule has 2 fully saturated rings. The summed E-state index contributed by atoms with van der Waals surface area (Å²) in [5.41, 5.74) is 0. The number of rotatable bonds is 1. The molecule has 1 saturated carbocycles. The van der Waals surface area contributed by atoms with E-state index in [4.69, 9.17) is 14.6 Å². The van der Waals surface area contributed by atoms with Gasteiger partial charge < -0.3 is 14.6 Å². The molecule has 0 aromatic rings. The van der Waals surface area contributed by atoms with Crippen LogP contribution in [0.15, 0.2) is 0 Å². The summed E-state index contributed by atoms with van der Waals surface area (Å²) in [6, 6.07) is 0. The summed E-state index contributed by atoms with van der Waals surface area (Å²) in [6.07, 6.45) is 13.4. The highest BCUT2D eigenvalue weighted by Crippen LogP contribution is 2.38. The molecular formula is C14H26O3. The smallest absolute Gasteiger partial charge is 0.168 e. The fourth-order valence-corrected chi connectivity index (χ4v) is 2.22. The van der Waals surface area contributed by atoms with E-state index in [1.54, 1.807) is 0 Å². The van der Waals surface area contributed by atoms with Crippen LogP contribution >= 0.6 is 0 Å². The van der Waals surface area contributed by atoms with Gasteiger partial charge in [-0.05, 0) is 18.8 Å². The summed E-state index contributed by atoms with van der Waals surface area (Å²) >= 11 is 0. The van der Waals surface area contributed by atoms with Crippen LogP contribution in [0.4, 0.5) is 0 Å². The van der Waals surface area contributed by atoms with E-state index in [1.807, 2.05) is 0 Å². The molecule has 2 aliphatic rings. The molecule has 0 aromatic heterocycles. The molecule has 1 saturated heterocycles. The van der Waals surface area contributed by atoms with E-state index in [2.05, 4.69) is 26.7 Å². The normalized spacial score (nSPS) is 25.4. The van der Waals surface area contributed by atoms with E-state index in [0.29, 0.717) is 5.92 Å². The lowest BCUT2D eigenvalue weighted by atomic mass is 9.85. The predicted octanol–water partition coefficient (Wildman–Crippen LogP) is 2.58. The maximum absolute atomic E-state index is 9.02. The topological polar surface area (TPSA) is 38.7 Å². The number of ether oxygens (including phenoxy) is 2. The van der Waals surface area contributed by atoms with Crippen molar-refractivity contribution in [3.8, 4) is 12.8 Å². The Morgan fingerprint density at radius 2 is 1.76 bits per heavy atom. The van der Waals surface area contributed by atoms with Gasteiger partial charge in [-0.2, -0.15) is 0 Å². The molecule has 0 aromatic carbocycles. The molecule has 3 nitrogen and oxygen atoms in total. The lowest BCUT2D eigenvalue weighted by molar-refractivity contribution is -0.189. The molecule has 1 aliphatic carbocycles. The quantitative estimate of drug-likeness (QED) is 0.718. The van der Waals surface area contributed by atoms with Gasteiger partial charge in [0.15, 0.2) is 5.79 Å². The molecule has 3 heteroatoms. The van der Waals surface area contributed by atoms with E-state index in [9.17, 15) is 0 Å². The van der Waals surface area contributed by atoms with Crippen molar-refractivity contribution in [3.05, 3.63) is 0 Å². The molecule has 1 N–H and O–H groups in total. The lowest BCUT2D eigenvalue weighted by Gasteiger charge is -2.35. The van der Waals surface area contributed by atoms with Gasteiger partial charge in [0, 0.05) is 19.4 Å². The second kappa shape index (κ2) is 9.47. The predicted molar refractivity (Wildman–Crippen MR) is 69.5 cm³/mol. The fourth-order valence-electron chi connectivity index (χ4n) is 2.22. The van der Waals surface area contributed by atoms with E-state index in [0.717, 1.165) is 38.9 Å². The van der Waals surface area contributed by atoms with Crippen LogP contribution in [-0.2, 0) is 9.47 Å². The van der Waals surface area contributed by atoms with Gasteiger partial charge in [-0.15, -0.1) is 12.8 Å². The number of hydrogen-bond donors (Lipinski definition) is 1. The van der Waals surface area contributed by atoms with Gasteiger partial charge >= 0.3 is 0 Å². The molecule has 1 atom stereocenters. The van der Waals surface area contributed by atoms with Crippen molar-refractivity contribution in [2.75, 3.05) is 19.8 Å². The first-order chi connectivity index (χ1) is 8.26. The van der Waals surface area contributed by atoms with E-state index < -0.39 is 0 Å². The zero-order chi connectivity index (χ0) is 13.1. The van der Waals surface area contributed by atoms with Crippen molar-refractivity contribution in [1.82, 2.24) is 0 Å². The highest BCUT2D eigenvalue weighted by Gasteiger charge is 2.40. The van der Waals surface area contributed by atoms with Crippen LogP contribution in [0.2, 0.25) is 0 Å². The Morgan fingerprint density at radius 1 is 1.24 bits per heavy atom. The van der Waals surface area contributed by atoms with E-state index >= 15 is 0 Å². The minimum absolute atomic E-state index is 0.272. The Hall–Kier alpha value is -0.560. The first-order valence-electron chi connectivity index (χ1n) is 6.48. The van der Waals surface area contributed by atoms with E-state index in [1.165, 1.54) is 6.42 Å². The zero-order valence-electron chi connectivity index (χ0n) is 11.2. The zero-order valence-corrected chi connectivity index (χ0v) is 11.2. The first kappa shape index (κ1) is 16.4. The Bertz CT molecular complexity index is 195. The second-order valence-corrected chi connectivity index (χ2v) is 4.46. The molecular weight excluding hydrogens is 216 g/mol. The largest absolute Gasteiger partial charge is 0.396 e. The Balaban J connectivity index is 0.000000450. The molecule has 0 unspecified atom stereocenters. The van der Waals surface area contributed by atoms with Gasteiger partial charge in [0.2, 0.25) is 0 Å². The highest BCUT2D eigenvalue weighted by atomic mass is 16.7. The second-order valence-electron chi connectivity index (χ2n) is 4.46. The lowest BCUT2D eigenvalue weighted by Crippen LogP contribution is -2.37. The van der Waals surface area contributed by atoms with Crippen molar-refractivity contribution in [3.63, 3.8) is 0 Å². The van der Waals surface area contributed by atoms with Crippen LogP contribution in [0, 0.1) is 18.8 Å². The third-order valence-electron chi connectivity index (χ3n) is 2.84. The Morgan fingerprint density at radius 3 is 2.24 bits per heavy atom. The number of aliphatic hydroxyl groups is 1.